The van der Waals surface area contributed by atoms with Crippen LogP contribution < -0.4 is 20.3 Å². The van der Waals surface area contributed by atoms with Gasteiger partial charge in [-0.2, -0.15) is 0 Å². The highest BCUT2D eigenvalue weighted by molar-refractivity contribution is 7.18. The highest BCUT2D eigenvalue weighted by Gasteiger charge is 2.22. The Kier molecular flexibility index (Phi) is 5.76. The summed E-state index contributed by atoms with van der Waals surface area (Å²) in [5.74, 6) is 1.07. The molecule has 0 fully saturated rings. The predicted molar refractivity (Wildman–Crippen MR) is 129 cm³/mol. The molecule has 4 aromatic rings. The summed E-state index contributed by atoms with van der Waals surface area (Å²) in [6, 6.07) is 9.14. The number of fused-ring (bicyclic) bond motifs is 4. The Morgan fingerprint density at radius 1 is 1.15 bits per heavy atom. The van der Waals surface area contributed by atoms with Crippen molar-refractivity contribution in [1.29, 1.82) is 0 Å². The van der Waals surface area contributed by atoms with Gasteiger partial charge in [-0.05, 0) is 67.5 Å². The zero-order valence-corrected chi connectivity index (χ0v) is 19.5. The number of pyridine rings is 1. The van der Waals surface area contributed by atoms with Gasteiger partial charge in [-0.15, -0.1) is 11.3 Å². The molecular weight excluding hydrogens is 438 g/mol. The number of aryl methyl sites for hydroxylation is 2. The molecule has 0 atom stereocenters. The second kappa shape index (κ2) is 8.86. The van der Waals surface area contributed by atoms with Crippen molar-refractivity contribution in [2.45, 2.75) is 32.1 Å². The number of thiophene rings is 1. The predicted octanol–water partition coefficient (Wildman–Crippen LogP) is 3.78. The van der Waals surface area contributed by atoms with Gasteiger partial charge in [0.25, 0.3) is 11.5 Å². The number of methoxy groups -OCH3 is 2. The fourth-order valence-corrected chi connectivity index (χ4v) is 5.73. The first-order valence-corrected chi connectivity index (χ1v) is 11.9. The topological polar surface area (TPSA) is 81.9 Å². The molecule has 0 radical (unpaired) electrons. The molecular formula is C25H25N3O4S. The lowest BCUT2D eigenvalue weighted by atomic mass is 9.97. The van der Waals surface area contributed by atoms with Crippen LogP contribution in [0.4, 0.5) is 0 Å². The van der Waals surface area contributed by atoms with E-state index in [0.29, 0.717) is 35.7 Å². The molecule has 1 amide bonds. The van der Waals surface area contributed by atoms with E-state index in [1.165, 1.54) is 9.28 Å². The van der Waals surface area contributed by atoms with Crippen molar-refractivity contribution in [3.05, 3.63) is 68.4 Å². The van der Waals surface area contributed by atoms with E-state index in [4.69, 9.17) is 14.5 Å². The zero-order chi connectivity index (χ0) is 22.9. The van der Waals surface area contributed by atoms with E-state index in [0.717, 1.165) is 47.0 Å². The summed E-state index contributed by atoms with van der Waals surface area (Å²) in [5, 5.41) is 3.68. The zero-order valence-electron chi connectivity index (χ0n) is 18.6. The van der Waals surface area contributed by atoms with E-state index in [9.17, 15) is 9.59 Å². The van der Waals surface area contributed by atoms with Crippen LogP contribution >= 0.6 is 11.3 Å². The third-order valence-corrected chi connectivity index (χ3v) is 7.34. The molecule has 33 heavy (non-hydrogen) atoms. The summed E-state index contributed by atoms with van der Waals surface area (Å²) in [7, 11) is 3.19. The number of nitrogens with zero attached hydrogens (tertiary/aromatic N) is 2. The summed E-state index contributed by atoms with van der Waals surface area (Å²) < 4.78 is 12.1. The van der Waals surface area contributed by atoms with Crippen LogP contribution in [0.15, 0.2) is 41.3 Å². The average Bonchev–Trinajstić information content (AvgIpc) is 3.22. The quantitative estimate of drug-likeness (QED) is 0.471. The molecule has 0 saturated carbocycles. The number of nitrogens with one attached hydrogen (secondary N) is 1. The summed E-state index contributed by atoms with van der Waals surface area (Å²) in [6.07, 6.45) is 6.50. The van der Waals surface area contributed by atoms with Crippen LogP contribution in [-0.2, 0) is 19.3 Å². The van der Waals surface area contributed by atoms with Crippen molar-refractivity contribution in [2.24, 2.45) is 0 Å². The van der Waals surface area contributed by atoms with Gasteiger partial charge < -0.3 is 14.8 Å². The lowest BCUT2D eigenvalue weighted by Gasteiger charge is -2.11. The number of hydrogen-bond acceptors (Lipinski definition) is 6. The molecule has 7 nitrogen and oxygen atoms in total. The average molecular weight is 464 g/mol. The van der Waals surface area contributed by atoms with Gasteiger partial charge in [-0.1, -0.05) is 6.07 Å². The molecule has 1 aliphatic carbocycles. The number of hydrogen-bond donors (Lipinski definition) is 1. The van der Waals surface area contributed by atoms with Gasteiger partial charge in [0.1, 0.15) is 4.83 Å². The van der Waals surface area contributed by atoms with Crippen molar-refractivity contribution < 1.29 is 14.3 Å². The third-order valence-electron chi connectivity index (χ3n) is 6.15. The highest BCUT2D eigenvalue weighted by Crippen LogP contribution is 2.34. The van der Waals surface area contributed by atoms with Crippen molar-refractivity contribution in [3.63, 3.8) is 0 Å². The lowest BCUT2D eigenvalue weighted by Crippen LogP contribution is -2.27. The Labute approximate surface area is 195 Å². The highest BCUT2D eigenvalue weighted by atomic mass is 32.1. The molecule has 0 unspecified atom stereocenters. The molecule has 8 heteroatoms. The fraction of sp³-hybridized carbons (Fsp3) is 0.320. The molecule has 1 N–H and O–H groups in total. The number of rotatable bonds is 6. The van der Waals surface area contributed by atoms with Gasteiger partial charge >= 0.3 is 0 Å². The first kappa shape index (κ1) is 21.5. The Morgan fingerprint density at radius 2 is 1.97 bits per heavy atom. The van der Waals surface area contributed by atoms with E-state index in [1.807, 2.05) is 18.2 Å². The number of aromatic nitrogens is 2. The van der Waals surface area contributed by atoms with Crippen LogP contribution in [0.1, 0.15) is 39.2 Å². The summed E-state index contributed by atoms with van der Waals surface area (Å²) in [5.41, 5.74) is 2.88. The SMILES string of the molecule is COc1ccc(CCNC(=O)c2cccn3c(=O)c4c5c(sc4nc23)CCCC5)cc1OC. The van der Waals surface area contributed by atoms with Gasteiger partial charge in [-0.25, -0.2) is 4.98 Å². The molecule has 0 saturated heterocycles. The second-order valence-electron chi connectivity index (χ2n) is 8.12. The maximum absolute atomic E-state index is 13.3. The van der Waals surface area contributed by atoms with E-state index < -0.39 is 0 Å². The van der Waals surface area contributed by atoms with Gasteiger partial charge in [0.05, 0.1) is 25.2 Å². The standard InChI is InChI=1S/C25H25N3O4S/c1-31-18-10-9-15(14-19(18)32-2)11-12-26-23(29)17-7-5-13-28-22(17)27-24-21(25(28)30)16-6-3-4-8-20(16)33-24/h5,7,9-10,13-14H,3-4,6,8,11-12H2,1-2H3,(H,26,29). The minimum atomic E-state index is -0.249. The number of carbonyl (C=O) groups is 1. The summed E-state index contributed by atoms with van der Waals surface area (Å²) >= 11 is 1.59. The molecule has 3 aromatic heterocycles. The van der Waals surface area contributed by atoms with Gasteiger partial charge in [0.2, 0.25) is 0 Å². The molecule has 1 aromatic carbocycles. The monoisotopic (exact) mass is 463 g/mol. The Morgan fingerprint density at radius 3 is 2.79 bits per heavy atom. The molecule has 0 bridgehead atoms. The maximum atomic E-state index is 13.3. The van der Waals surface area contributed by atoms with E-state index in [1.54, 1.807) is 43.9 Å². The van der Waals surface area contributed by atoms with Crippen LogP contribution in [0.25, 0.3) is 15.9 Å². The second-order valence-corrected chi connectivity index (χ2v) is 9.20. The number of amides is 1. The van der Waals surface area contributed by atoms with E-state index in [2.05, 4.69) is 5.32 Å². The molecule has 0 aliphatic heterocycles. The largest absolute Gasteiger partial charge is 0.493 e. The molecule has 5 rings (SSSR count). The maximum Gasteiger partial charge on any atom is 0.266 e. The van der Waals surface area contributed by atoms with Crippen LogP contribution in [0, 0.1) is 0 Å². The van der Waals surface area contributed by atoms with Gasteiger partial charge in [-0.3, -0.25) is 14.0 Å². The number of carbonyl (C=O) groups excluding carboxylic acids is 1. The molecule has 0 spiro atoms. The minimum Gasteiger partial charge on any atom is -0.493 e. The number of benzene rings is 1. The van der Waals surface area contributed by atoms with Crippen molar-refractivity contribution in [2.75, 3.05) is 20.8 Å². The molecule has 1 aliphatic rings. The smallest absolute Gasteiger partial charge is 0.266 e. The fourth-order valence-electron chi connectivity index (χ4n) is 4.47. The van der Waals surface area contributed by atoms with Crippen molar-refractivity contribution >= 4 is 33.1 Å². The van der Waals surface area contributed by atoms with E-state index >= 15 is 0 Å². The third kappa shape index (κ3) is 3.84. The Bertz CT molecular complexity index is 1420. The minimum absolute atomic E-state index is 0.0885. The first-order valence-electron chi connectivity index (χ1n) is 11.1. The summed E-state index contributed by atoms with van der Waals surface area (Å²) in [4.78, 5) is 33.0. The van der Waals surface area contributed by atoms with Crippen LogP contribution in [0.2, 0.25) is 0 Å². The van der Waals surface area contributed by atoms with E-state index in [-0.39, 0.29) is 11.5 Å². The lowest BCUT2D eigenvalue weighted by molar-refractivity contribution is 0.0955. The normalized spacial score (nSPS) is 13.2. The van der Waals surface area contributed by atoms with Crippen molar-refractivity contribution in [1.82, 2.24) is 14.7 Å². The van der Waals surface area contributed by atoms with Crippen molar-refractivity contribution in [3.8, 4) is 11.5 Å². The Hall–Kier alpha value is -3.39. The van der Waals surface area contributed by atoms with Crippen LogP contribution in [0.3, 0.4) is 0 Å². The molecule has 3 heterocycles. The van der Waals surface area contributed by atoms with Crippen LogP contribution in [0.5, 0.6) is 11.5 Å². The Balaban J connectivity index is 1.41. The number of ether oxygens (including phenoxy) is 2. The first-order chi connectivity index (χ1) is 16.1. The van der Waals surface area contributed by atoms with Gasteiger partial charge in [0.15, 0.2) is 17.1 Å². The van der Waals surface area contributed by atoms with Gasteiger partial charge in [0, 0.05) is 17.6 Å². The van der Waals surface area contributed by atoms with Crippen LogP contribution in [-0.4, -0.2) is 36.1 Å². The molecule has 170 valence electrons. The summed E-state index contributed by atoms with van der Waals surface area (Å²) in [6.45, 7) is 0.440.